The van der Waals surface area contributed by atoms with Crippen molar-refractivity contribution in [1.82, 2.24) is 10.6 Å². The van der Waals surface area contributed by atoms with Crippen LogP contribution >= 0.6 is 21.6 Å². The molecule has 6 aliphatic rings. The quantitative estimate of drug-likeness (QED) is 0.0199. The first-order chi connectivity index (χ1) is 52.4. The molecule has 0 aromatic rings. The lowest BCUT2D eigenvalue weighted by atomic mass is 9.88. The molecule has 2 amide bonds. The predicted octanol–water partition coefficient (Wildman–Crippen LogP) is -6.98. The second-order valence-electron chi connectivity index (χ2n) is 28.7. The molecule has 0 spiro atoms. The van der Waals surface area contributed by atoms with Crippen LogP contribution in [0.15, 0.2) is 0 Å². The monoisotopic (exact) mass is 1640 g/mol. The van der Waals surface area contributed by atoms with Crippen LogP contribution in [-0.4, -0.2) is 396 Å². The zero-order valence-corrected chi connectivity index (χ0v) is 63.4. The second kappa shape index (κ2) is 47.6. The summed E-state index contributed by atoms with van der Waals surface area (Å²) in [5.41, 5.74) is 0. The molecule has 642 valence electrons. The van der Waals surface area contributed by atoms with Gasteiger partial charge in [-0.2, -0.15) is 0 Å². The molecule has 6 aliphatic heterocycles. The number of aliphatic hydroxyl groups is 20. The van der Waals surface area contributed by atoms with E-state index in [1.807, 2.05) is 21.6 Å². The van der Waals surface area contributed by atoms with Gasteiger partial charge in [0.15, 0.2) is 25.2 Å². The topological polar surface area (TPSA) is 648 Å². The van der Waals surface area contributed by atoms with Gasteiger partial charge in [-0.1, -0.05) is 111 Å². The minimum atomic E-state index is -3.06. The summed E-state index contributed by atoms with van der Waals surface area (Å²) < 4.78 is 68.4. The maximum Gasteiger partial charge on any atom is 0.364 e. The molecular weight excluding hydrogens is 1520 g/mol. The molecule has 6 fully saturated rings. The maximum atomic E-state index is 12.9. The van der Waals surface area contributed by atoms with Crippen molar-refractivity contribution in [3.8, 4) is 0 Å². The number of amides is 2. The van der Waals surface area contributed by atoms with Gasteiger partial charge in [-0.05, 0) is 25.7 Å². The van der Waals surface area contributed by atoms with Crippen molar-refractivity contribution in [2.75, 3.05) is 64.4 Å². The molecule has 110 heavy (non-hydrogen) atoms. The van der Waals surface area contributed by atoms with Gasteiger partial charge < -0.3 is 180 Å². The standard InChI is InChI=1S/C68H120N2O38S2/c1-33(77)69-43-35(79)25-67(65(93)94,105-57(43)45(83)37(81)27-71)107-59-47(85)39(29-73)99-63(53(59)91)103-55-41(31-75)101-61(51(89)49(55)87)97-21-17-13-9-5-3-7-11-15-19-23-109-110-24-20-16-12-8-4-6-10-14-18-22-98-62-52(90)50(88)56(42(32-76)102-62)104-64-54(92)60(48(86)40(30-74)100-64)108-68(66(95)96)26-36(80)44(70-34(2)78)58(106-68)46(84)38(82)28-72/h35-64,71-76,79-92H,3-32H2,1-2H3,(H,69,77)(H,70,78)(H,93,94)(H,95,96)/t35-,36-,37+,38+,39+,40+,41+,42+,43+,44+,45+,46+,47-,48-,49+,50+,51+,52+,53+,54+,55+,56+,57+,58+,59-,60-,61+,62+,63-,64-,67-,68-/m0/s1. The summed E-state index contributed by atoms with van der Waals surface area (Å²) in [6.45, 7) is -3.39. The number of rotatable bonds is 49. The van der Waals surface area contributed by atoms with E-state index in [1.165, 1.54) is 0 Å². The van der Waals surface area contributed by atoms with Crippen LogP contribution in [-0.2, 0) is 76.0 Å². The summed E-state index contributed by atoms with van der Waals surface area (Å²) in [7, 11) is 3.79. The fourth-order valence-electron chi connectivity index (χ4n) is 14.1. The summed E-state index contributed by atoms with van der Waals surface area (Å²) in [4.78, 5) is 49.8. The third-order valence-electron chi connectivity index (χ3n) is 20.3. The largest absolute Gasteiger partial charge is 0.477 e. The first kappa shape index (κ1) is 96.1. The van der Waals surface area contributed by atoms with Crippen molar-refractivity contribution in [3.63, 3.8) is 0 Å². The Kier molecular flexibility index (Phi) is 41.6. The highest BCUT2D eigenvalue weighted by Crippen LogP contribution is 2.42. The predicted molar refractivity (Wildman–Crippen MR) is 376 cm³/mol. The molecule has 6 heterocycles. The molecule has 0 radical (unpaired) electrons. The SMILES string of the molecule is CC(=O)N[C@H]1[C@H]([C@H](O)[C@H](O)CO)O[C@@](O[C@H]2[C@@H](O)[C@@H](CO)O[C@@H](O[C@H]3[C@H](O)[C@@H](O)[C@H](OCCCCCCCCCCCSSCCCCCCCCCCCO[C@@H]4O[C@H](CO)[C@@H](O[C@@H]5O[C@H](CO)[C@H](O)[C@H](O[C@]6(C(=O)O)C[C@H](O)[C@@H](NC(C)=O)[C@H]([C@H](O)[C@H](O)CO)O6)[C@H]5O)[C@H](O)[C@H]4O)O[C@@H]3CO)[C@@H]2O)(C(=O)O)C[C@@H]1O. The first-order valence-electron chi connectivity index (χ1n) is 37.7. The van der Waals surface area contributed by atoms with Gasteiger partial charge in [0.2, 0.25) is 11.8 Å². The van der Waals surface area contributed by atoms with E-state index in [0.29, 0.717) is 12.8 Å². The van der Waals surface area contributed by atoms with Gasteiger partial charge in [0, 0.05) is 51.4 Å². The van der Waals surface area contributed by atoms with Crippen LogP contribution in [0.1, 0.15) is 142 Å². The fraction of sp³-hybridized carbons (Fsp3) is 0.941. The summed E-state index contributed by atoms with van der Waals surface area (Å²) in [5, 5.41) is 239. The highest BCUT2D eigenvalue weighted by atomic mass is 33.1. The lowest BCUT2D eigenvalue weighted by molar-refractivity contribution is -0.386. The minimum absolute atomic E-state index is 0.131. The van der Waals surface area contributed by atoms with Gasteiger partial charge in [-0.3, -0.25) is 9.59 Å². The molecule has 40 nitrogen and oxygen atoms in total. The van der Waals surface area contributed by atoms with Crippen LogP contribution in [0.3, 0.4) is 0 Å². The molecule has 0 aromatic carbocycles. The number of carbonyl (C=O) groups is 4. The van der Waals surface area contributed by atoms with E-state index in [1.54, 1.807) is 0 Å². The van der Waals surface area contributed by atoms with Gasteiger partial charge >= 0.3 is 11.9 Å². The Morgan fingerprint density at radius 1 is 0.400 bits per heavy atom. The minimum Gasteiger partial charge on any atom is -0.477 e. The Bertz CT molecular complexity index is 2490. The number of carbonyl (C=O) groups excluding carboxylic acids is 2. The normalized spacial score (nSPS) is 38.2. The fourth-order valence-corrected chi connectivity index (χ4v) is 16.4. The molecule has 0 aliphatic carbocycles. The third kappa shape index (κ3) is 26.4. The zero-order valence-electron chi connectivity index (χ0n) is 61.7. The Morgan fingerprint density at radius 2 is 0.700 bits per heavy atom. The van der Waals surface area contributed by atoms with E-state index >= 15 is 0 Å². The third-order valence-corrected chi connectivity index (χ3v) is 22.9. The molecular formula is C68H120N2O38S2. The van der Waals surface area contributed by atoms with Crippen molar-refractivity contribution in [1.29, 1.82) is 0 Å². The molecule has 0 aromatic heterocycles. The number of hydrogen-bond donors (Lipinski definition) is 24. The van der Waals surface area contributed by atoms with Crippen LogP contribution in [0, 0.1) is 0 Å². The Labute approximate surface area is 643 Å². The van der Waals surface area contributed by atoms with Crippen molar-refractivity contribution >= 4 is 45.3 Å². The number of nitrogens with one attached hydrogen (secondary N) is 2. The summed E-state index contributed by atoms with van der Waals surface area (Å²) in [6, 6.07) is -3.14. The number of unbranched alkanes of at least 4 members (excludes halogenated alkanes) is 16. The molecule has 32 atom stereocenters. The van der Waals surface area contributed by atoms with Crippen molar-refractivity contribution in [2.24, 2.45) is 0 Å². The number of ether oxygens (including phenoxy) is 12. The van der Waals surface area contributed by atoms with Gasteiger partial charge in [0.1, 0.15) is 134 Å². The van der Waals surface area contributed by atoms with Gasteiger partial charge in [0.25, 0.3) is 11.6 Å². The maximum absolute atomic E-state index is 12.9. The van der Waals surface area contributed by atoms with E-state index in [4.69, 9.17) is 56.8 Å². The van der Waals surface area contributed by atoms with Gasteiger partial charge in [0.05, 0.1) is 63.9 Å². The van der Waals surface area contributed by atoms with E-state index in [2.05, 4.69) is 10.6 Å². The summed E-state index contributed by atoms with van der Waals surface area (Å²) in [6.07, 6.45) is -36.6. The van der Waals surface area contributed by atoms with Crippen LogP contribution in [0.2, 0.25) is 0 Å². The van der Waals surface area contributed by atoms with Gasteiger partial charge in [-0.15, -0.1) is 0 Å². The number of carboxylic acid groups (broad SMARTS) is 2. The molecule has 6 rings (SSSR count). The van der Waals surface area contributed by atoms with E-state index in [9.17, 15) is 132 Å². The number of aliphatic hydroxyl groups excluding tert-OH is 20. The van der Waals surface area contributed by atoms with Crippen LogP contribution in [0.5, 0.6) is 0 Å². The lowest BCUT2D eigenvalue weighted by Gasteiger charge is -2.50. The highest BCUT2D eigenvalue weighted by molar-refractivity contribution is 8.76. The van der Waals surface area contributed by atoms with Crippen LogP contribution in [0.4, 0.5) is 0 Å². The Morgan fingerprint density at radius 3 is 0.991 bits per heavy atom. The highest BCUT2D eigenvalue weighted by Gasteiger charge is 2.63. The van der Waals surface area contributed by atoms with E-state index in [0.717, 1.165) is 128 Å². The van der Waals surface area contributed by atoms with E-state index < -0.39 is 272 Å². The number of carboxylic acids is 2. The molecule has 0 bridgehead atoms. The van der Waals surface area contributed by atoms with Crippen molar-refractivity contribution in [2.45, 2.75) is 338 Å². The zero-order chi connectivity index (χ0) is 81.2. The molecule has 0 saturated carbocycles. The molecule has 6 saturated heterocycles. The smallest absolute Gasteiger partial charge is 0.364 e. The lowest BCUT2D eigenvalue weighted by Crippen LogP contribution is -2.70. The van der Waals surface area contributed by atoms with Crippen LogP contribution in [0.25, 0.3) is 0 Å². The van der Waals surface area contributed by atoms with Crippen LogP contribution < -0.4 is 10.6 Å². The number of hydrogen-bond acceptors (Lipinski definition) is 38. The van der Waals surface area contributed by atoms with Crippen molar-refractivity contribution in [3.05, 3.63) is 0 Å². The van der Waals surface area contributed by atoms with E-state index in [-0.39, 0.29) is 13.2 Å². The summed E-state index contributed by atoms with van der Waals surface area (Å²) >= 11 is 0. The Balaban J connectivity index is 0.771. The molecule has 42 heteroatoms. The number of aliphatic carboxylic acids is 2. The van der Waals surface area contributed by atoms with Gasteiger partial charge in [-0.25, -0.2) is 9.59 Å². The average molecular weight is 1640 g/mol. The molecule has 0 unspecified atom stereocenters. The molecule has 24 N–H and O–H groups in total. The summed E-state index contributed by atoms with van der Waals surface area (Å²) in [5.74, 6) is -9.43. The first-order valence-corrected chi connectivity index (χ1v) is 40.2. The second-order valence-corrected chi connectivity index (χ2v) is 31.4. The van der Waals surface area contributed by atoms with Crippen molar-refractivity contribution < 1.29 is 188 Å². The Hall–Kier alpha value is -2.70. The average Bonchev–Trinajstić information content (AvgIpc) is 0.757.